The Kier molecular flexibility index (Phi) is 8.14. The first kappa shape index (κ1) is 26.7. The Hall–Kier alpha value is -3.88. The molecule has 4 aromatic carbocycles. The van der Waals surface area contributed by atoms with Gasteiger partial charge in [-0.2, -0.15) is 0 Å². The summed E-state index contributed by atoms with van der Waals surface area (Å²) in [6.45, 7) is 2.45. The normalized spacial score (nSPS) is 15.4. The Labute approximate surface area is 239 Å². The van der Waals surface area contributed by atoms with E-state index in [0.29, 0.717) is 40.3 Å². The summed E-state index contributed by atoms with van der Waals surface area (Å²) in [5.74, 6) is 0.120. The zero-order valence-electron chi connectivity index (χ0n) is 21.4. The number of rotatable bonds is 7. The molecule has 5 rings (SSSR count). The first-order valence-corrected chi connectivity index (χ1v) is 14.0. The second-order valence-electron chi connectivity index (χ2n) is 8.75. The van der Waals surface area contributed by atoms with Gasteiger partial charge in [0.05, 0.1) is 22.8 Å². The Bertz CT molecular complexity index is 1610. The van der Waals surface area contributed by atoms with Gasteiger partial charge in [-0.3, -0.25) is 9.69 Å². The third-order valence-electron chi connectivity index (χ3n) is 6.10. The van der Waals surface area contributed by atoms with Crippen molar-refractivity contribution in [3.63, 3.8) is 0 Å². The molecule has 1 aliphatic rings. The average Bonchev–Trinajstić information content (AvgIpc) is 3.21. The molecule has 39 heavy (non-hydrogen) atoms. The van der Waals surface area contributed by atoms with Crippen LogP contribution in [0.5, 0.6) is 5.75 Å². The van der Waals surface area contributed by atoms with Crippen molar-refractivity contribution < 1.29 is 19.1 Å². The predicted molar refractivity (Wildman–Crippen MR) is 160 cm³/mol. The van der Waals surface area contributed by atoms with Crippen molar-refractivity contribution in [1.29, 1.82) is 0 Å². The lowest BCUT2D eigenvalue weighted by molar-refractivity contribution is -0.121. The molecule has 1 heterocycles. The molecule has 0 saturated carbocycles. The second-order valence-corrected chi connectivity index (χ2v) is 10.7. The fourth-order valence-electron chi connectivity index (χ4n) is 4.10. The van der Waals surface area contributed by atoms with Gasteiger partial charge in [0.25, 0.3) is 5.91 Å². The smallest absolute Gasteiger partial charge is 0.338 e. The molecule has 1 aliphatic heterocycles. The maximum Gasteiger partial charge on any atom is 0.338 e. The highest BCUT2D eigenvalue weighted by molar-refractivity contribution is 9.10. The summed E-state index contributed by atoms with van der Waals surface area (Å²) in [7, 11) is 1.69. The summed E-state index contributed by atoms with van der Waals surface area (Å²) >= 11 is 4.75. The number of esters is 1. The van der Waals surface area contributed by atoms with Crippen molar-refractivity contribution in [2.24, 2.45) is 4.99 Å². The van der Waals surface area contributed by atoms with Gasteiger partial charge < -0.3 is 9.47 Å². The van der Waals surface area contributed by atoms with Gasteiger partial charge in [0, 0.05) is 17.1 Å². The van der Waals surface area contributed by atoms with E-state index in [4.69, 9.17) is 9.47 Å². The lowest BCUT2D eigenvalue weighted by atomic mass is 10.0. The van der Waals surface area contributed by atoms with Gasteiger partial charge in [0.1, 0.15) is 12.4 Å². The Morgan fingerprint density at radius 3 is 2.62 bits per heavy atom. The van der Waals surface area contributed by atoms with Crippen LogP contribution in [-0.2, 0) is 16.1 Å². The standard InChI is InChI=1S/C31H25BrN2O4S/c1-3-37-30(36)22-8-6-9-24(17-22)33-31-34(2)29(35)28(39-31)18-26-25-10-5-4-7-21(25)13-16-27(26)38-19-20-11-14-23(32)15-12-20/h4-18H,3,19H2,1-2H3. The molecule has 1 amide bonds. The topological polar surface area (TPSA) is 68.2 Å². The zero-order valence-corrected chi connectivity index (χ0v) is 23.8. The molecule has 0 unspecified atom stereocenters. The van der Waals surface area contributed by atoms with E-state index in [1.807, 2.05) is 66.7 Å². The third-order valence-corrected chi connectivity index (χ3v) is 7.69. The third kappa shape index (κ3) is 6.08. The van der Waals surface area contributed by atoms with Crippen molar-refractivity contribution in [3.8, 4) is 5.75 Å². The van der Waals surface area contributed by atoms with Crippen molar-refractivity contribution in [2.45, 2.75) is 13.5 Å². The lowest BCUT2D eigenvalue weighted by Gasteiger charge is -2.13. The number of hydrogen-bond acceptors (Lipinski definition) is 6. The van der Waals surface area contributed by atoms with Gasteiger partial charge >= 0.3 is 5.97 Å². The number of aliphatic imine (C=N–C) groups is 1. The number of thioether (sulfide) groups is 1. The van der Waals surface area contributed by atoms with Gasteiger partial charge in [0.15, 0.2) is 5.17 Å². The van der Waals surface area contributed by atoms with Gasteiger partial charge in [-0.15, -0.1) is 0 Å². The summed E-state index contributed by atoms with van der Waals surface area (Å²) < 4.78 is 12.4. The number of benzene rings is 4. The second kappa shape index (κ2) is 11.9. The molecule has 0 atom stereocenters. The minimum absolute atomic E-state index is 0.160. The molecule has 0 spiro atoms. The number of fused-ring (bicyclic) bond motifs is 1. The largest absolute Gasteiger partial charge is 0.488 e. The van der Waals surface area contributed by atoms with Crippen LogP contribution in [0.4, 0.5) is 5.69 Å². The summed E-state index contributed by atoms with van der Waals surface area (Å²) in [6.07, 6.45) is 1.88. The van der Waals surface area contributed by atoms with Crippen LogP contribution in [0.2, 0.25) is 0 Å². The molecule has 0 N–H and O–H groups in total. The van der Waals surface area contributed by atoms with Crippen LogP contribution in [0, 0.1) is 0 Å². The van der Waals surface area contributed by atoms with E-state index >= 15 is 0 Å². The number of ether oxygens (including phenoxy) is 2. The molecule has 6 nitrogen and oxygen atoms in total. The van der Waals surface area contributed by atoms with Crippen molar-refractivity contribution in [1.82, 2.24) is 4.90 Å². The van der Waals surface area contributed by atoms with Crippen LogP contribution in [-0.4, -0.2) is 35.6 Å². The number of nitrogens with zero attached hydrogens (tertiary/aromatic N) is 2. The van der Waals surface area contributed by atoms with E-state index in [1.165, 1.54) is 16.7 Å². The molecule has 196 valence electrons. The monoisotopic (exact) mass is 600 g/mol. The SMILES string of the molecule is CCOC(=O)c1cccc(N=C2SC(=Cc3c(OCc4ccc(Br)cc4)ccc4ccccc34)C(=O)N2C)c1. The number of carbonyl (C=O) groups is 2. The number of hydrogen-bond donors (Lipinski definition) is 0. The summed E-state index contributed by atoms with van der Waals surface area (Å²) in [5.41, 5.74) is 2.85. The first-order chi connectivity index (χ1) is 18.9. The van der Waals surface area contributed by atoms with E-state index in [9.17, 15) is 9.59 Å². The van der Waals surface area contributed by atoms with Gasteiger partial charge in [-0.05, 0) is 77.5 Å². The first-order valence-electron chi connectivity index (χ1n) is 12.4. The van der Waals surface area contributed by atoms with Crippen LogP contribution in [0.25, 0.3) is 16.8 Å². The van der Waals surface area contributed by atoms with Crippen molar-refractivity contribution in [2.75, 3.05) is 13.7 Å². The Morgan fingerprint density at radius 2 is 1.82 bits per heavy atom. The molecule has 0 aromatic heterocycles. The minimum Gasteiger partial charge on any atom is -0.488 e. The highest BCUT2D eigenvalue weighted by Gasteiger charge is 2.31. The fraction of sp³-hybridized carbons (Fsp3) is 0.129. The highest BCUT2D eigenvalue weighted by Crippen LogP contribution is 2.37. The molecule has 1 fully saturated rings. The van der Waals surface area contributed by atoms with Crippen molar-refractivity contribution >= 4 is 67.3 Å². The maximum atomic E-state index is 13.3. The maximum absolute atomic E-state index is 13.3. The molecule has 1 saturated heterocycles. The van der Waals surface area contributed by atoms with E-state index in [0.717, 1.165) is 26.4 Å². The molecule has 0 bridgehead atoms. The average molecular weight is 602 g/mol. The molecule has 4 aromatic rings. The van der Waals surface area contributed by atoms with E-state index in [2.05, 4.69) is 20.9 Å². The van der Waals surface area contributed by atoms with Crippen LogP contribution in [0.15, 0.2) is 99.3 Å². The number of halogens is 1. The lowest BCUT2D eigenvalue weighted by Crippen LogP contribution is -2.23. The Morgan fingerprint density at radius 1 is 1.03 bits per heavy atom. The molecular weight excluding hydrogens is 576 g/mol. The fourth-order valence-corrected chi connectivity index (χ4v) is 5.34. The van der Waals surface area contributed by atoms with Crippen molar-refractivity contribution in [3.05, 3.63) is 111 Å². The van der Waals surface area contributed by atoms with Crippen LogP contribution in [0.3, 0.4) is 0 Å². The number of amidine groups is 1. The minimum atomic E-state index is -0.407. The molecular formula is C31H25BrN2O4S. The number of carbonyl (C=O) groups excluding carboxylic acids is 2. The molecule has 8 heteroatoms. The Balaban J connectivity index is 1.47. The summed E-state index contributed by atoms with van der Waals surface area (Å²) in [4.78, 5) is 32.1. The number of likely N-dealkylation sites (N-methyl/N-ethyl adjacent to an activating group) is 1. The van der Waals surface area contributed by atoms with E-state index < -0.39 is 5.97 Å². The molecule has 0 radical (unpaired) electrons. The molecule has 0 aliphatic carbocycles. The zero-order chi connectivity index (χ0) is 27.4. The van der Waals surface area contributed by atoms with Crippen LogP contribution >= 0.6 is 27.7 Å². The van der Waals surface area contributed by atoms with E-state index in [1.54, 1.807) is 38.2 Å². The van der Waals surface area contributed by atoms with Gasteiger partial charge in [0.2, 0.25) is 0 Å². The van der Waals surface area contributed by atoms with Crippen LogP contribution < -0.4 is 4.74 Å². The van der Waals surface area contributed by atoms with E-state index in [-0.39, 0.29) is 5.91 Å². The predicted octanol–water partition coefficient (Wildman–Crippen LogP) is 7.59. The van der Waals surface area contributed by atoms with Gasteiger partial charge in [-0.1, -0.05) is 64.5 Å². The number of amides is 1. The summed E-state index contributed by atoms with van der Waals surface area (Å²) in [6, 6.07) is 26.8. The quantitative estimate of drug-likeness (QED) is 0.161. The van der Waals surface area contributed by atoms with Gasteiger partial charge in [-0.25, -0.2) is 9.79 Å². The highest BCUT2D eigenvalue weighted by atomic mass is 79.9. The summed E-state index contributed by atoms with van der Waals surface area (Å²) in [5, 5.41) is 2.56. The van der Waals surface area contributed by atoms with Crippen LogP contribution in [0.1, 0.15) is 28.4 Å².